The van der Waals surface area contributed by atoms with Crippen molar-refractivity contribution in [3.05, 3.63) is 17.8 Å². The second-order valence-electron chi connectivity index (χ2n) is 2.47. The van der Waals surface area contributed by atoms with E-state index in [0.717, 1.165) is 0 Å². The molecular formula is C7H9N3O2. The van der Waals surface area contributed by atoms with Crippen molar-refractivity contribution in [1.29, 1.82) is 0 Å². The number of rotatable bonds is 2. The topological polar surface area (TPSA) is 66.3 Å². The zero-order chi connectivity index (χ0) is 9.14. The summed E-state index contributed by atoms with van der Waals surface area (Å²) in [5, 5.41) is 16.0. The summed E-state index contributed by atoms with van der Waals surface area (Å²) in [7, 11) is 3.44. The molecule has 5 nitrogen and oxygen atoms in total. The maximum Gasteiger partial charge on any atom is 0.339 e. The molecule has 0 atom stereocenters. The highest BCUT2D eigenvalue weighted by Crippen LogP contribution is 2.12. The van der Waals surface area contributed by atoms with Crippen molar-refractivity contribution in [2.45, 2.75) is 0 Å². The first kappa shape index (κ1) is 8.45. The fourth-order valence-corrected chi connectivity index (χ4v) is 0.822. The smallest absolute Gasteiger partial charge is 0.339 e. The second kappa shape index (κ2) is 3.17. The van der Waals surface area contributed by atoms with E-state index >= 15 is 0 Å². The van der Waals surface area contributed by atoms with Crippen molar-refractivity contribution in [3.63, 3.8) is 0 Å². The molecule has 12 heavy (non-hydrogen) atoms. The molecular weight excluding hydrogens is 158 g/mol. The van der Waals surface area contributed by atoms with Gasteiger partial charge in [0.05, 0.1) is 6.20 Å². The maximum atomic E-state index is 10.6. The van der Waals surface area contributed by atoms with E-state index in [1.54, 1.807) is 19.0 Å². The van der Waals surface area contributed by atoms with Gasteiger partial charge in [-0.15, -0.1) is 5.10 Å². The normalized spacial score (nSPS) is 9.50. The molecule has 1 aromatic heterocycles. The fraction of sp³-hybridized carbons (Fsp3) is 0.286. The minimum Gasteiger partial charge on any atom is -0.478 e. The zero-order valence-electron chi connectivity index (χ0n) is 6.85. The van der Waals surface area contributed by atoms with Crippen LogP contribution < -0.4 is 4.90 Å². The Labute approximate surface area is 69.6 Å². The van der Waals surface area contributed by atoms with Crippen molar-refractivity contribution >= 4 is 11.8 Å². The van der Waals surface area contributed by atoms with Crippen LogP contribution in [0.1, 0.15) is 10.4 Å². The summed E-state index contributed by atoms with van der Waals surface area (Å²) in [5.74, 6) is -0.626. The van der Waals surface area contributed by atoms with Gasteiger partial charge in [0.25, 0.3) is 0 Å². The van der Waals surface area contributed by atoms with Gasteiger partial charge in [-0.05, 0) is 6.07 Å². The summed E-state index contributed by atoms with van der Waals surface area (Å²) < 4.78 is 0. The van der Waals surface area contributed by atoms with Gasteiger partial charge in [0, 0.05) is 14.1 Å². The first-order chi connectivity index (χ1) is 5.63. The summed E-state index contributed by atoms with van der Waals surface area (Å²) >= 11 is 0. The summed E-state index contributed by atoms with van der Waals surface area (Å²) in [5.41, 5.74) is 0.162. The predicted octanol–water partition coefficient (Wildman–Crippen LogP) is 0.241. The van der Waals surface area contributed by atoms with E-state index in [2.05, 4.69) is 10.2 Å². The Morgan fingerprint density at radius 2 is 2.25 bits per heavy atom. The van der Waals surface area contributed by atoms with Crippen LogP contribution in [0.25, 0.3) is 0 Å². The highest BCUT2D eigenvalue weighted by molar-refractivity contribution is 5.92. The van der Waals surface area contributed by atoms with Crippen LogP contribution >= 0.6 is 0 Å². The van der Waals surface area contributed by atoms with Crippen LogP contribution in [-0.4, -0.2) is 35.4 Å². The molecule has 0 saturated carbocycles. The molecule has 0 radical (unpaired) electrons. The third kappa shape index (κ3) is 1.50. The Morgan fingerprint density at radius 3 is 2.67 bits per heavy atom. The lowest BCUT2D eigenvalue weighted by Gasteiger charge is -2.11. The van der Waals surface area contributed by atoms with Gasteiger partial charge >= 0.3 is 5.97 Å². The molecule has 0 spiro atoms. The van der Waals surface area contributed by atoms with E-state index < -0.39 is 5.97 Å². The van der Waals surface area contributed by atoms with Crippen molar-refractivity contribution in [2.24, 2.45) is 0 Å². The Hall–Kier alpha value is -1.65. The maximum absolute atomic E-state index is 10.6. The van der Waals surface area contributed by atoms with Crippen molar-refractivity contribution < 1.29 is 9.90 Å². The molecule has 64 valence electrons. The Bertz CT molecular complexity index is 298. The molecule has 0 bridgehead atoms. The molecule has 1 aromatic rings. The van der Waals surface area contributed by atoms with Crippen molar-refractivity contribution in [2.75, 3.05) is 19.0 Å². The SMILES string of the molecule is CN(C)c1nnccc1C(=O)O. The van der Waals surface area contributed by atoms with Crippen molar-refractivity contribution in [1.82, 2.24) is 10.2 Å². The average Bonchev–Trinajstić information content (AvgIpc) is 2.04. The van der Waals surface area contributed by atoms with Crippen LogP contribution in [0.4, 0.5) is 5.82 Å². The third-order valence-electron chi connectivity index (χ3n) is 1.36. The minimum atomic E-state index is -0.992. The first-order valence-corrected chi connectivity index (χ1v) is 3.35. The van der Waals surface area contributed by atoms with Gasteiger partial charge in [-0.25, -0.2) is 4.79 Å². The van der Waals surface area contributed by atoms with E-state index in [1.807, 2.05) is 0 Å². The van der Waals surface area contributed by atoms with E-state index in [0.29, 0.717) is 5.82 Å². The Kier molecular flexibility index (Phi) is 2.23. The summed E-state index contributed by atoms with van der Waals surface area (Å²) in [6.07, 6.45) is 1.36. The number of hydrogen-bond acceptors (Lipinski definition) is 4. The number of anilines is 1. The molecule has 0 fully saturated rings. The average molecular weight is 167 g/mol. The van der Waals surface area contributed by atoms with Gasteiger partial charge in [0.1, 0.15) is 5.56 Å². The predicted molar refractivity (Wildman–Crippen MR) is 43.3 cm³/mol. The fourth-order valence-electron chi connectivity index (χ4n) is 0.822. The van der Waals surface area contributed by atoms with Crippen LogP contribution in [0, 0.1) is 0 Å². The van der Waals surface area contributed by atoms with Gasteiger partial charge in [-0.1, -0.05) is 0 Å². The number of aromatic carboxylic acids is 1. The van der Waals surface area contributed by atoms with Crippen LogP contribution in [0.15, 0.2) is 12.3 Å². The summed E-state index contributed by atoms with van der Waals surface area (Å²) in [4.78, 5) is 12.2. The number of hydrogen-bond donors (Lipinski definition) is 1. The second-order valence-corrected chi connectivity index (χ2v) is 2.47. The van der Waals surface area contributed by atoms with Crippen LogP contribution in [-0.2, 0) is 0 Å². The molecule has 0 saturated heterocycles. The molecule has 1 N–H and O–H groups in total. The standard InChI is InChI=1S/C7H9N3O2/c1-10(2)6-5(7(11)12)3-4-8-9-6/h3-4H,1-2H3,(H,11,12). The Balaban J connectivity index is 3.17. The number of nitrogens with zero attached hydrogens (tertiary/aromatic N) is 3. The van der Waals surface area contributed by atoms with Crippen LogP contribution in [0.2, 0.25) is 0 Å². The van der Waals surface area contributed by atoms with Gasteiger partial charge in [0.2, 0.25) is 0 Å². The first-order valence-electron chi connectivity index (χ1n) is 3.35. The summed E-state index contributed by atoms with van der Waals surface area (Å²) in [6.45, 7) is 0. The molecule has 1 heterocycles. The molecule has 0 aliphatic rings. The Morgan fingerprint density at radius 1 is 1.58 bits per heavy atom. The molecule has 0 aromatic carbocycles. The van der Waals surface area contributed by atoms with E-state index in [-0.39, 0.29) is 5.56 Å². The largest absolute Gasteiger partial charge is 0.478 e. The highest BCUT2D eigenvalue weighted by atomic mass is 16.4. The molecule has 0 aliphatic carbocycles. The minimum absolute atomic E-state index is 0.162. The quantitative estimate of drug-likeness (QED) is 0.683. The highest BCUT2D eigenvalue weighted by Gasteiger charge is 2.11. The lowest BCUT2D eigenvalue weighted by atomic mass is 10.3. The number of aromatic nitrogens is 2. The van der Waals surface area contributed by atoms with Crippen LogP contribution in [0.3, 0.4) is 0 Å². The summed E-state index contributed by atoms with van der Waals surface area (Å²) in [6, 6.07) is 1.42. The monoisotopic (exact) mass is 167 g/mol. The van der Waals surface area contributed by atoms with Gasteiger partial charge in [-0.2, -0.15) is 5.10 Å². The van der Waals surface area contributed by atoms with Gasteiger partial charge < -0.3 is 10.0 Å². The lowest BCUT2D eigenvalue weighted by Crippen LogP contribution is -2.16. The van der Waals surface area contributed by atoms with Crippen molar-refractivity contribution in [3.8, 4) is 0 Å². The van der Waals surface area contributed by atoms with E-state index in [4.69, 9.17) is 5.11 Å². The van der Waals surface area contributed by atoms with Gasteiger partial charge in [-0.3, -0.25) is 0 Å². The molecule has 1 rings (SSSR count). The molecule has 0 amide bonds. The molecule has 0 unspecified atom stereocenters. The zero-order valence-corrected chi connectivity index (χ0v) is 6.85. The number of carboxylic acid groups (broad SMARTS) is 1. The van der Waals surface area contributed by atoms with E-state index in [1.165, 1.54) is 12.3 Å². The van der Waals surface area contributed by atoms with Crippen LogP contribution in [0.5, 0.6) is 0 Å². The van der Waals surface area contributed by atoms with Gasteiger partial charge in [0.15, 0.2) is 5.82 Å². The molecule has 5 heteroatoms. The van der Waals surface area contributed by atoms with E-state index in [9.17, 15) is 4.79 Å². The number of carboxylic acids is 1. The molecule has 0 aliphatic heterocycles. The third-order valence-corrected chi connectivity index (χ3v) is 1.36. The number of carbonyl (C=O) groups is 1. The lowest BCUT2D eigenvalue weighted by molar-refractivity contribution is 0.0697.